The van der Waals surface area contributed by atoms with Gasteiger partial charge in [0.25, 0.3) is 0 Å². The first kappa shape index (κ1) is 17.9. The second-order valence-electron chi connectivity index (χ2n) is 6.46. The Morgan fingerprint density at radius 3 is 2.78 bits per heavy atom. The number of benzene rings is 1. The molecule has 0 unspecified atom stereocenters. The van der Waals surface area contributed by atoms with Crippen molar-refractivity contribution in [2.75, 3.05) is 11.9 Å². The van der Waals surface area contributed by atoms with Crippen LogP contribution in [0.5, 0.6) is 0 Å². The van der Waals surface area contributed by atoms with E-state index in [0.717, 1.165) is 30.4 Å². The van der Waals surface area contributed by atoms with Gasteiger partial charge in [0.15, 0.2) is 0 Å². The third-order valence-corrected chi connectivity index (χ3v) is 6.86. The molecule has 2 N–H and O–H groups in total. The summed E-state index contributed by atoms with van der Waals surface area (Å²) in [6.45, 7) is 0.185. The van der Waals surface area contributed by atoms with Gasteiger partial charge in [-0.25, -0.2) is 0 Å². The summed E-state index contributed by atoms with van der Waals surface area (Å²) < 4.78 is 0. The SMILES string of the molecule is N#Cc1c(NC(=O)CN[C@@H](c2ccccc2)c2cccs2)sc2c1CCC2. The molecule has 0 fully saturated rings. The van der Waals surface area contributed by atoms with Crippen LogP contribution >= 0.6 is 22.7 Å². The van der Waals surface area contributed by atoms with E-state index in [0.29, 0.717) is 10.6 Å². The van der Waals surface area contributed by atoms with Crippen molar-refractivity contribution in [3.05, 3.63) is 74.3 Å². The fourth-order valence-corrected chi connectivity index (χ4v) is 5.54. The molecule has 0 spiro atoms. The van der Waals surface area contributed by atoms with E-state index in [1.165, 1.54) is 9.75 Å². The van der Waals surface area contributed by atoms with E-state index in [2.05, 4.69) is 34.9 Å². The number of nitrogens with one attached hydrogen (secondary N) is 2. The highest BCUT2D eigenvalue weighted by molar-refractivity contribution is 7.16. The van der Waals surface area contributed by atoms with Gasteiger partial charge in [0, 0.05) is 9.75 Å². The van der Waals surface area contributed by atoms with E-state index in [-0.39, 0.29) is 18.5 Å². The standard InChI is InChI=1S/C21H19N3OS2/c22-12-16-15-8-4-9-17(15)27-21(16)24-19(25)13-23-20(18-10-5-11-26-18)14-6-2-1-3-7-14/h1-3,5-7,10-11,20,23H,4,8-9,13H2,(H,24,25)/t20-/m0/s1. The quantitative estimate of drug-likeness (QED) is 0.649. The topological polar surface area (TPSA) is 64.9 Å². The van der Waals surface area contributed by atoms with Gasteiger partial charge in [0.2, 0.25) is 5.91 Å². The zero-order valence-corrected chi connectivity index (χ0v) is 16.3. The molecule has 0 aliphatic heterocycles. The zero-order chi connectivity index (χ0) is 18.6. The number of hydrogen-bond donors (Lipinski definition) is 2. The molecule has 1 atom stereocenters. The molecule has 1 aliphatic carbocycles. The van der Waals surface area contributed by atoms with Crippen molar-refractivity contribution in [1.82, 2.24) is 5.32 Å². The van der Waals surface area contributed by atoms with Crippen LogP contribution in [-0.2, 0) is 17.6 Å². The first-order chi connectivity index (χ1) is 13.3. The molecule has 1 aromatic carbocycles. The van der Waals surface area contributed by atoms with Crippen LogP contribution in [0.15, 0.2) is 47.8 Å². The minimum Gasteiger partial charge on any atom is -0.315 e. The van der Waals surface area contributed by atoms with Crippen LogP contribution in [0.3, 0.4) is 0 Å². The number of nitrogens with zero attached hydrogens (tertiary/aromatic N) is 1. The molecule has 0 radical (unpaired) electrons. The molecule has 3 aromatic rings. The summed E-state index contributed by atoms with van der Waals surface area (Å²) in [6.07, 6.45) is 3.06. The van der Waals surface area contributed by atoms with Crippen molar-refractivity contribution in [1.29, 1.82) is 5.26 Å². The van der Waals surface area contributed by atoms with Crippen molar-refractivity contribution in [3.63, 3.8) is 0 Å². The van der Waals surface area contributed by atoms with Crippen LogP contribution in [0.2, 0.25) is 0 Å². The Balaban J connectivity index is 1.46. The lowest BCUT2D eigenvalue weighted by Gasteiger charge is -2.17. The molecule has 136 valence electrons. The molecule has 2 aromatic heterocycles. The van der Waals surface area contributed by atoms with Gasteiger partial charge in [-0.15, -0.1) is 22.7 Å². The van der Waals surface area contributed by atoms with Crippen molar-refractivity contribution < 1.29 is 4.79 Å². The molecule has 2 heterocycles. The number of aryl methyl sites for hydroxylation is 1. The summed E-state index contributed by atoms with van der Waals surface area (Å²) in [5, 5.41) is 18.5. The number of thiophene rings is 2. The first-order valence-corrected chi connectivity index (χ1v) is 10.6. The van der Waals surface area contributed by atoms with Gasteiger partial charge in [-0.3, -0.25) is 10.1 Å². The fraction of sp³-hybridized carbons (Fsp3) is 0.238. The van der Waals surface area contributed by atoms with Gasteiger partial charge in [0.1, 0.15) is 11.1 Å². The summed E-state index contributed by atoms with van der Waals surface area (Å²) in [6, 6.07) is 16.5. The number of carbonyl (C=O) groups excluding carboxylic acids is 1. The summed E-state index contributed by atoms with van der Waals surface area (Å²) in [4.78, 5) is 15.0. The normalized spacial score (nSPS) is 13.7. The first-order valence-electron chi connectivity index (χ1n) is 8.92. The average Bonchev–Trinajstić information content (AvgIpc) is 3.40. The van der Waals surface area contributed by atoms with E-state index in [9.17, 15) is 10.1 Å². The zero-order valence-electron chi connectivity index (χ0n) is 14.7. The number of nitriles is 1. The number of amides is 1. The summed E-state index contributed by atoms with van der Waals surface area (Å²) >= 11 is 3.22. The van der Waals surface area contributed by atoms with Gasteiger partial charge in [-0.2, -0.15) is 5.26 Å². The molecule has 1 amide bonds. The smallest absolute Gasteiger partial charge is 0.238 e. The molecule has 6 heteroatoms. The molecule has 27 heavy (non-hydrogen) atoms. The summed E-state index contributed by atoms with van der Waals surface area (Å²) in [7, 11) is 0. The summed E-state index contributed by atoms with van der Waals surface area (Å²) in [5.74, 6) is -0.121. The molecule has 1 aliphatic rings. The number of hydrogen-bond acceptors (Lipinski definition) is 5. The van der Waals surface area contributed by atoms with Gasteiger partial charge >= 0.3 is 0 Å². The number of fused-ring (bicyclic) bond motifs is 1. The van der Waals surface area contributed by atoms with Crippen molar-refractivity contribution >= 4 is 33.6 Å². The Hall–Kier alpha value is -2.46. The molecule has 4 nitrogen and oxygen atoms in total. The third-order valence-electron chi connectivity index (χ3n) is 4.71. The van der Waals surface area contributed by atoms with Gasteiger partial charge in [0.05, 0.1) is 18.2 Å². The Bertz CT molecular complexity index is 971. The molecule has 0 saturated carbocycles. The van der Waals surface area contributed by atoms with Crippen LogP contribution in [0.4, 0.5) is 5.00 Å². The third kappa shape index (κ3) is 3.81. The van der Waals surface area contributed by atoms with E-state index in [1.807, 2.05) is 29.6 Å². The fourth-order valence-electron chi connectivity index (χ4n) is 3.46. The maximum absolute atomic E-state index is 12.5. The maximum atomic E-state index is 12.5. The van der Waals surface area contributed by atoms with Gasteiger partial charge in [-0.05, 0) is 41.8 Å². The highest BCUT2D eigenvalue weighted by Gasteiger charge is 2.23. The van der Waals surface area contributed by atoms with E-state index in [4.69, 9.17) is 0 Å². The van der Waals surface area contributed by atoms with Crippen molar-refractivity contribution in [2.45, 2.75) is 25.3 Å². The molecule has 0 bridgehead atoms. The largest absolute Gasteiger partial charge is 0.315 e. The highest BCUT2D eigenvalue weighted by atomic mass is 32.1. The molecule has 4 rings (SSSR count). The van der Waals surface area contributed by atoms with Gasteiger partial charge < -0.3 is 5.32 Å². The highest BCUT2D eigenvalue weighted by Crippen LogP contribution is 2.38. The average molecular weight is 394 g/mol. The van der Waals surface area contributed by atoms with Crippen LogP contribution in [0.25, 0.3) is 0 Å². The van der Waals surface area contributed by atoms with Gasteiger partial charge in [-0.1, -0.05) is 36.4 Å². The second kappa shape index (κ2) is 8.05. The van der Waals surface area contributed by atoms with E-state index < -0.39 is 0 Å². The molecular weight excluding hydrogens is 374 g/mol. The van der Waals surface area contributed by atoms with Crippen LogP contribution < -0.4 is 10.6 Å². The predicted octanol–water partition coefficient (Wildman–Crippen LogP) is 4.49. The predicted molar refractivity (Wildman–Crippen MR) is 110 cm³/mol. The van der Waals surface area contributed by atoms with Crippen LogP contribution in [0, 0.1) is 11.3 Å². The lowest BCUT2D eigenvalue weighted by molar-refractivity contribution is -0.115. The summed E-state index contributed by atoms with van der Waals surface area (Å²) in [5.41, 5.74) is 2.91. The van der Waals surface area contributed by atoms with Crippen LogP contribution in [0.1, 0.15) is 38.9 Å². The Kier molecular flexibility index (Phi) is 5.35. The molecular formula is C21H19N3OS2. The lowest BCUT2D eigenvalue weighted by atomic mass is 10.1. The number of carbonyl (C=O) groups is 1. The number of rotatable bonds is 6. The Morgan fingerprint density at radius 2 is 2.04 bits per heavy atom. The monoisotopic (exact) mass is 393 g/mol. The second-order valence-corrected chi connectivity index (χ2v) is 8.55. The minimum atomic E-state index is -0.121. The van der Waals surface area contributed by atoms with E-state index in [1.54, 1.807) is 22.7 Å². The lowest BCUT2D eigenvalue weighted by Crippen LogP contribution is -2.31. The number of anilines is 1. The molecule has 0 saturated heterocycles. The van der Waals surface area contributed by atoms with E-state index >= 15 is 0 Å². The van der Waals surface area contributed by atoms with Crippen molar-refractivity contribution in [2.24, 2.45) is 0 Å². The minimum absolute atomic E-state index is 0.0271. The maximum Gasteiger partial charge on any atom is 0.238 e. The Labute approximate surface area is 166 Å². The van der Waals surface area contributed by atoms with Crippen LogP contribution in [-0.4, -0.2) is 12.5 Å². The van der Waals surface area contributed by atoms with Crippen molar-refractivity contribution in [3.8, 4) is 6.07 Å². The Morgan fingerprint density at radius 1 is 1.19 bits per heavy atom.